The average Bonchev–Trinajstić information content (AvgIpc) is 3.15. The fraction of sp³-hybridized carbons (Fsp3) is 0.261. The second kappa shape index (κ2) is 6.75. The number of hydrogen-bond donors (Lipinski definition) is 0. The third kappa shape index (κ3) is 2.39. The number of fused-ring (bicyclic) bond motifs is 5. The van der Waals surface area contributed by atoms with E-state index in [1.165, 1.54) is 15.9 Å². The van der Waals surface area contributed by atoms with E-state index in [0.29, 0.717) is 24.3 Å². The van der Waals surface area contributed by atoms with E-state index in [-0.39, 0.29) is 28.8 Å². The number of hydrogen-bond acceptors (Lipinski definition) is 5. The van der Waals surface area contributed by atoms with Crippen LogP contribution in [-0.2, 0) is 15.1 Å². The summed E-state index contributed by atoms with van der Waals surface area (Å²) in [7, 11) is 3.15. The Hall–Kier alpha value is -3.52. The zero-order valence-corrected chi connectivity index (χ0v) is 17.0. The van der Waals surface area contributed by atoms with Gasteiger partial charge in [-0.3, -0.25) is 14.4 Å². The number of ether oxygens (including phenoxy) is 1. The lowest BCUT2D eigenvalue weighted by atomic mass is 9.84. The van der Waals surface area contributed by atoms with Crippen LogP contribution in [0.4, 0.5) is 10.1 Å². The SMILES string of the molecule is COCCCN1C(=O)c2oc3ccc(F)cc3c(=O)c2[C@@]12C(=O)N(C)c1ccccc12. The molecule has 2 aromatic carbocycles. The second-order valence-corrected chi connectivity index (χ2v) is 7.67. The minimum Gasteiger partial charge on any atom is -0.450 e. The normalized spacial score (nSPS) is 19.6. The van der Waals surface area contributed by atoms with E-state index in [1.807, 2.05) is 0 Å². The van der Waals surface area contributed by atoms with E-state index in [9.17, 15) is 18.8 Å². The lowest BCUT2D eigenvalue weighted by Crippen LogP contribution is -2.53. The molecule has 8 heteroatoms. The molecule has 2 aliphatic rings. The summed E-state index contributed by atoms with van der Waals surface area (Å²) < 4.78 is 24.9. The van der Waals surface area contributed by atoms with Crippen molar-refractivity contribution in [3.63, 3.8) is 0 Å². The third-order valence-corrected chi connectivity index (χ3v) is 6.06. The first-order chi connectivity index (χ1) is 14.9. The fourth-order valence-corrected chi connectivity index (χ4v) is 4.73. The van der Waals surface area contributed by atoms with Crippen LogP contribution in [0.15, 0.2) is 51.7 Å². The summed E-state index contributed by atoms with van der Waals surface area (Å²) in [6.45, 7) is 0.547. The van der Waals surface area contributed by atoms with Gasteiger partial charge in [0.2, 0.25) is 5.76 Å². The van der Waals surface area contributed by atoms with Crippen LogP contribution in [0.2, 0.25) is 0 Å². The summed E-state index contributed by atoms with van der Waals surface area (Å²) in [5.74, 6) is -1.76. The second-order valence-electron chi connectivity index (χ2n) is 7.67. The molecule has 2 aliphatic heterocycles. The molecule has 1 aromatic heterocycles. The van der Waals surface area contributed by atoms with E-state index in [1.54, 1.807) is 38.4 Å². The number of nitrogens with zero attached hydrogens (tertiary/aromatic N) is 2. The quantitative estimate of drug-likeness (QED) is 0.604. The van der Waals surface area contributed by atoms with Crippen molar-refractivity contribution in [2.75, 3.05) is 32.2 Å². The molecule has 1 spiro atoms. The minimum absolute atomic E-state index is 0.00972. The molecule has 2 amide bonds. The lowest BCUT2D eigenvalue weighted by molar-refractivity contribution is -0.125. The molecule has 3 aromatic rings. The molecular weight excluding hydrogens is 403 g/mol. The van der Waals surface area contributed by atoms with Gasteiger partial charge in [-0.05, 0) is 30.7 Å². The Kier molecular flexibility index (Phi) is 4.23. The molecule has 158 valence electrons. The van der Waals surface area contributed by atoms with Gasteiger partial charge in [-0.15, -0.1) is 0 Å². The molecular formula is C23H19FN2O5. The molecule has 0 bridgehead atoms. The molecule has 0 N–H and O–H groups in total. The number of anilines is 1. The topological polar surface area (TPSA) is 80.1 Å². The van der Waals surface area contributed by atoms with E-state index >= 15 is 0 Å². The number of para-hydroxylation sites is 1. The number of carbonyl (C=O) groups is 2. The van der Waals surface area contributed by atoms with Crippen LogP contribution in [0.3, 0.4) is 0 Å². The van der Waals surface area contributed by atoms with Gasteiger partial charge in [-0.1, -0.05) is 18.2 Å². The summed E-state index contributed by atoms with van der Waals surface area (Å²) in [5.41, 5.74) is -1.09. The maximum absolute atomic E-state index is 13.9. The summed E-state index contributed by atoms with van der Waals surface area (Å²) in [4.78, 5) is 43.7. The molecule has 0 saturated carbocycles. The van der Waals surface area contributed by atoms with Gasteiger partial charge in [0, 0.05) is 38.6 Å². The smallest absolute Gasteiger partial charge is 0.291 e. The van der Waals surface area contributed by atoms with E-state index in [4.69, 9.17) is 9.15 Å². The number of amides is 2. The van der Waals surface area contributed by atoms with Crippen molar-refractivity contribution >= 4 is 28.5 Å². The molecule has 3 heterocycles. The monoisotopic (exact) mass is 422 g/mol. The van der Waals surface area contributed by atoms with Gasteiger partial charge in [-0.2, -0.15) is 0 Å². The Morgan fingerprint density at radius 2 is 1.90 bits per heavy atom. The van der Waals surface area contributed by atoms with Crippen molar-refractivity contribution in [1.29, 1.82) is 0 Å². The fourth-order valence-electron chi connectivity index (χ4n) is 4.73. The lowest BCUT2D eigenvalue weighted by Gasteiger charge is -2.33. The highest BCUT2D eigenvalue weighted by atomic mass is 19.1. The highest BCUT2D eigenvalue weighted by Gasteiger charge is 2.64. The van der Waals surface area contributed by atoms with Crippen molar-refractivity contribution in [1.82, 2.24) is 4.90 Å². The number of benzene rings is 2. The van der Waals surface area contributed by atoms with Gasteiger partial charge in [-0.25, -0.2) is 4.39 Å². The first kappa shape index (κ1) is 19.4. The van der Waals surface area contributed by atoms with Crippen LogP contribution < -0.4 is 10.3 Å². The van der Waals surface area contributed by atoms with Crippen LogP contribution in [0.25, 0.3) is 11.0 Å². The molecule has 0 saturated heterocycles. The zero-order valence-electron chi connectivity index (χ0n) is 17.0. The van der Waals surface area contributed by atoms with Crippen LogP contribution in [0.1, 0.15) is 28.1 Å². The predicted octanol–water partition coefficient (Wildman–Crippen LogP) is 2.64. The third-order valence-electron chi connectivity index (χ3n) is 6.06. The Morgan fingerprint density at radius 3 is 2.68 bits per heavy atom. The molecule has 0 unspecified atom stereocenters. The standard InChI is InChI=1S/C23H19FN2O5/c1-25-16-7-4-3-6-15(16)23(22(25)29)18-19(27)14-12-13(24)8-9-17(14)31-20(18)21(28)26(23)10-5-11-30-2/h3-4,6-9,12H,5,10-11H2,1-2H3/t23-/m0/s1. The average molecular weight is 422 g/mol. The first-order valence-electron chi connectivity index (χ1n) is 9.88. The number of likely N-dealkylation sites (N-methyl/N-ethyl adjacent to an activating group) is 1. The molecule has 0 fully saturated rings. The van der Waals surface area contributed by atoms with Crippen molar-refractivity contribution in [3.05, 3.63) is 75.4 Å². The summed E-state index contributed by atoms with van der Waals surface area (Å²) in [6.07, 6.45) is 0.458. The van der Waals surface area contributed by atoms with Crippen molar-refractivity contribution in [3.8, 4) is 0 Å². The maximum atomic E-state index is 13.9. The van der Waals surface area contributed by atoms with Crippen LogP contribution in [-0.4, -0.2) is 44.0 Å². The van der Waals surface area contributed by atoms with E-state index in [2.05, 4.69) is 0 Å². The van der Waals surface area contributed by atoms with Gasteiger partial charge in [0.05, 0.1) is 10.9 Å². The van der Waals surface area contributed by atoms with Crippen LogP contribution in [0, 0.1) is 5.82 Å². The van der Waals surface area contributed by atoms with Gasteiger partial charge >= 0.3 is 0 Å². The predicted molar refractivity (Wildman–Crippen MR) is 111 cm³/mol. The zero-order chi connectivity index (χ0) is 21.9. The van der Waals surface area contributed by atoms with Crippen LogP contribution >= 0.6 is 0 Å². The highest BCUT2D eigenvalue weighted by molar-refractivity contribution is 6.16. The number of halogens is 1. The van der Waals surface area contributed by atoms with Gasteiger partial charge < -0.3 is 19.0 Å². The number of methoxy groups -OCH3 is 1. The molecule has 0 aliphatic carbocycles. The highest BCUT2D eigenvalue weighted by Crippen LogP contribution is 2.52. The Balaban J connectivity index is 1.88. The Morgan fingerprint density at radius 1 is 1.13 bits per heavy atom. The maximum Gasteiger partial charge on any atom is 0.291 e. The molecule has 5 rings (SSSR count). The Labute approximate surface area is 176 Å². The Bertz CT molecular complexity index is 1320. The van der Waals surface area contributed by atoms with Crippen molar-refractivity contribution in [2.45, 2.75) is 12.0 Å². The van der Waals surface area contributed by atoms with Crippen LogP contribution in [0.5, 0.6) is 0 Å². The number of rotatable bonds is 4. The summed E-state index contributed by atoms with van der Waals surface area (Å²) in [6, 6.07) is 10.6. The molecule has 0 radical (unpaired) electrons. The van der Waals surface area contributed by atoms with Gasteiger partial charge in [0.15, 0.2) is 11.0 Å². The molecule has 31 heavy (non-hydrogen) atoms. The van der Waals surface area contributed by atoms with Gasteiger partial charge in [0.25, 0.3) is 11.8 Å². The van der Waals surface area contributed by atoms with Gasteiger partial charge in [0.1, 0.15) is 11.4 Å². The summed E-state index contributed by atoms with van der Waals surface area (Å²) >= 11 is 0. The first-order valence-corrected chi connectivity index (χ1v) is 9.88. The van der Waals surface area contributed by atoms with Crippen molar-refractivity contribution < 1.29 is 23.1 Å². The molecule has 7 nitrogen and oxygen atoms in total. The van der Waals surface area contributed by atoms with E-state index < -0.39 is 28.6 Å². The summed E-state index contributed by atoms with van der Waals surface area (Å²) in [5, 5.41) is -0.00972. The van der Waals surface area contributed by atoms with E-state index in [0.717, 1.165) is 12.1 Å². The largest absolute Gasteiger partial charge is 0.450 e. The minimum atomic E-state index is -1.66. The van der Waals surface area contributed by atoms with Crippen molar-refractivity contribution in [2.24, 2.45) is 0 Å². The molecule has 1 atom stereocenters. The number of carbonyl (C=O) groups excluding carboxylic acids is 2.